The van der Waals surface area contributed by atoms with Gasteiger partial charge in [-0.3, -0.25) is 0 Å². The van der Waals surface area contributed by atoms with Crippen LogP contribution < -0.4 is 4.74 Å². The van der Waals surface area contributed by atoms with Crippen LogP contribution >= 0.6 is 0 Å². The lowest BCUT2D eigenvalue weighted by atomic mass is 9.88. The standard InChI is InChI=1S/C13H16N2O/c1-8(2)11-7-15-13-12(9(11)3)10(6-14)4-5-16-13/h7-8,10H,4-5H2,1-3H3. The summed E-state index contributed by atoms with van der Waals surface area (Å²) in [6, 6.07) is 2.35. The number of nitriles is 1. The maximum Gasteiger partial charge on any atom is 0.218 e. The van der Waals surface area contributed by atoms with Gasteiger partial charge in [0, 0.05) is 18.2 Å². The second kappa shape index (κ2) is 4.13. The maximum atomic E-state index is 9.16. The second-order valence-electron chi connectivity index (χ2n) is 4.53. The minimum Gasteiger partial charge on any atom is -0.477 e. The van der Waals surface area contributed by atoms with Gasteiger partial charge in [-0.1, -0.05) is 13.8 Å². The SMILES string of the molecule is Cc1c(C(C)C)cnc2c1C(C#N)CCO2. The van der Waals surface area contributed by atoms with E-state index in [-0.39, 0.29) is 5.92 Å². The third-order valence-electron chi connectivity index (χ3n) is 3.16. The third kappa shape index (κ3) is 1.65. The van der Waals surface area contributed by atoms with Crippen LogP contribution in [0.3, 0.4) is 0 Å². The Morgan fingerprint density at radius 1 is 1.56 bits per heavy atom. The Morgan fingerprint density at radius 2 is 2.31 bits per heavy atom. The van der Waals surface area contributed by atoms with Gasteiger partial charge in [0.15, 0.2) is 0 Å². The molecule has 0 fully saturated rings. The molecular formula is C13H16N2O. The first-order valence-electron chi connectivity index (χ1n) is 5.67. The largest absolute Gasteiger partial charge is 0.477 e. The molecule has 0 radical (unpaired) electrons. The zero-order valence-electron chi connectivity index (χ0n) is 9.95. The van der Waals surface area contributed by atoms with Crippen LogP contribution in [0.4, 0.5) is 0 Å². The lowest BCUT2D eigenvalue weighted by molar-refractivity contribution is 0.267. The van der Waals surface area contributed by atoms with Crippen LogP contribution in [0, 0.1) is 18.3 Å². The van der Waals surface area contributed by atoms with Crippen molar-refractivity contribution in [1.29, 1.82) is 5.26 Å². The number of fused-ring (bicyclic) bond motifs is 1. The topological polar surface area (TPSA) is 45.9 Å². The quantitative estimate of drug-likeness (QED) is 0.725. The number of nitrogens with zero attached hydrogens (tertiary/aromatic N) is 2. The van der Waals surface area contributed by atoms with Gasteiger partial charge in [-0.25, -0.2) is 4.98 Å². The monoisotopic (exact) mass is 216 g/mol. The van der Waals surface area contributed by atoms with Crippen LogP contribution in [0.5, 0.6) is 5.88 Å². The van der Waals surface area contributed by atoms with Gasteiger partial charge in [-0.2, -0.15) is 5.26 Å². The van der Waals surface area contributed by atoms with Gasteiger partial charge in [0.25, 0.3) is 0 Å². The Bertz CT molecular complexity index is 446. The fraction of sp³-hybridized carbons (Fsp3) is 0.538. The summed E-state index contributed by atoms with van der Waals surface area (Å²) in [4.78, 5) is 4.33. The molecule has 0 saturated heterocycles. The van der Waals surface area contributed by atoms with Gasteiger partial charge in [-0.15, -0.1) is 0 Å². The van der Waals surface area contributed by atoms with Crippen molar-refractivity contribution in [3.8, 4) is 11.9 Å². The highest BCUT2D eigenvalue weighted by atomic mass is 16.5. The molecule has 84 valence electrons. The zero-order valence-corrected chi connectivity index (χ0v) is 9.95. The first-order chi connectivity index (χ1) is 7.65. The molecule has 0 N–H and O–H groups in total. The number of hydrogen-bond donors (Lipinski definition) is 0. The molecule has 0 spiro atoms. The van der Waals surface area contributed by atoms with E-state index in [2.05, 4.69) is 31.8 Å². The zero-order chi connectivity index (χ0) is 11.7. The van der Waals surface area contributed by atoms with Crippen LogP contribution in [0.2, 0.25) is 0 Å². The van der Waals surface area contributed by atoms with Crippen molar-refractivity contribution in [2.45, 2.75) is 39.0 Å². The molecule has 0 aliphatic carbocycles. The van der Waals surface area contributed by atoms with E-state index in [1.807, 2.05) is 6.20 Å². The molecule has 3 heteroatoms. The van der Waals surface area contributed by atoms with Crippen molar-refractivity contribution < 1.29 is 4.74 Å². The van der Waals surface area contributed by atoms with Gasteiger partial charge < -0.3 is 4.74 Å². The molecule has 1 unspecified atom stereocenters. The summed E-state index contributed by atoms with van der Waals surface area (Å²) in [5.41, 5.74) is 3.38. The first-order valence-corrected chi connectivity index (χ1v) is 5.67. The summed E-state index contributed by atoms with van der Waals surface area (Å²) in [5, 5.41) is 9.16. The fourth-order valence-corrected chi connectivity index (χ4v) is 2.26. The summed E-state index contributed by atoms with van der Waals surface area (Å²) in [7, 11) is 0. The fourth-order valence-electron chi connectivity index (χ4n) is 2.26. The molecule has 0 bridgehead atoms. The predicted octanol–water partition coefficient (Wildman–Crippen LogP) is 2.90. The van der Waals surface area contributed by atoms with Gasteiger partial charge in [0.1, 0.15) is 0 Å². The Morgan fingerprint density at radius 3 is 2.94 bits per heavy atom. The van der Waals surface area contributed by atoms with Crippen molar-refractivity contribution in [1.82, 2.24) is 4.98 Å². The van der Waals surface area contributed by atoms with Crippen LogP contribution in [0.25, 0.3) is 0 Å². The molecule has 16 heavy (non-hydrogen) atoms. The minimum atomic E-state index is -0.0602. The van der Waals surface area contributed by atoms with Crippen LogP contribution in [0.15, 0.2) is 6.20 Å². The maximum absolute atomic E-state index is 9.16. The van der Waals surface area contributed by atoms with E-state index in [1.54, 1.807) is 0 Å². The Labute approximate surface area is 96.1 Å². The highest BCUT2D eigenvalue weighted by molar-refractivity contribution is 5.46. The van der Waals surface area contributed by atoms with Gasteiger partial charge >= 0.3 is 0 Å². The van der Waals surface area contributed by atoms with Crippen molar-refractivity contribution in [3.05, 3.63) is 22.9 Å². The van der Waals surface area contributed by atoms with E-state index in [0.29, 0.717) is 18.4 Å². The van der Waals surface area contributed by atoms with Crippen LogP contribution in [-0.2, 0) is 0 Å². The van der Waals surface area contributed by atoms with Crippen LogP contribution in [-0.4, -0.2) is 11.6 Å². The molecular weight excluding hydrogens is 200 g/mol. The van der Waals surface area contributed by atoms with E-state index >= 15 is 0 Å². The van der Waals surface area contributed by atoms with E-state index in [0.717, 1.165) is 12.0 Å². The highest BCUT2D eigenvalue weighted by Crippen LogP contribution is 2.36. The molecule has 0 aromatic carbocycles. The molecule has 1 atom stereocenters. The molecule has 1 aromatic rings. The smallest absolute Gasteiger partial charge is 0.218 e. The summed E-state index contributed by atoms with van der Waals surface area (Å²) < 4.78 is 5.51. The first kappa shape index (κ1) is 10.9. The third-order valence-corrected chi connectivity index (χ3v) is 3.16. The molecule has 0 saturated carbocycles. The van der Waals surface area contributed by atoms with Gasteiger partial charge in [-0.05, 0) is 24.0 Å². The molecule has 0 amide bonds. The van der Waals surface area contributed by atoms with E-state index in [1.165, 1.54) is 11.1 Å². The van der Waals surface area contributed by atoms with Crippen molar-refractivity contribution in [2.24, 2.45) is 0 Å². The van der Waals surface area contributed by atoms with Gasteiger partial charge in [0.05, 0.1) is 18.6 Å². The van der Waals surface area contributed by atoms with E-state index in [4.69, 9.17) is 10.00 Å². The van der Waals surface area contributed by atoms with Crippen LogP contribution in [0.1, 0.15) is 48.8 Å². The van der Waals surface area contributed by atoms with E-state index in [9.17, 15) is 0 Å². The molecule has 1 aliphatic rings. The van der Waals surface area contributed by atoms with Crippen molar-refractivity contribution >= 4 is 0 Å². The number of aromatic nitrogens is 1. The highest BCUT2D eigenvalue weighted by Gasteiger charge is 2.26. The summed E-state index contributed by atoms with van der Waals surface area (Å²) in [6.45, 7) is 6.94. The molecule has 1 aromatic heterocycles. The van der Waals surface area contributed by atoms with Crippen molar-refractivity contribution in [3.63, 3.8) is 0 Å². The number of hydrogen-bond acceptors (Lipinski definition) is 3. The average Bonchev–Trinajstić information content (AvgIpc) is 2.28. The second-order valence-corrected chi connectivity index (χ2v) is 4.53. The Hall–Kier alpha value is -1.56. The van der Waals surface area contributed by atoms with E-state index < -0.39 is 0 Å². The van der Waals surface area contributed by atoms with Crippen molar-refractivity contribution in [2.75, 3.05) is 6.61 Å². The molecule has 2 heterocycles. The summed E-state index contributed by atoms with van der Waals surface area (Å²) in [6.07, 6.45) is 2.64. The number of pyridine rings is 1. The lowest BCUT2D eigenvalue weighted by Crippen LogP contribution is -2.17. The average molecular weight is 216 g/mol. The number of ether oxygens (including phenoxy) is 1. The molecule has 3 nitrogen and oxygen atoms in total. The molecule has 2 rings (SSSR count). The predicted molar refractivity (Wildman–Crippen MR) is 61.5 cm³/mol. The Kier molecular flexibility index (Phi) is 2.82. The lowest BCUT2D eigenvalue weighted by Gasteiger charge is -2.24. The molecule has 1 aliphatic heterocycles. The summed E-state index contributed by atoms with van der Waals surface area (Å²) in [5.74, 6) is 1.02. The number of rotatable bonds is 1. The Balaban J connectivity index is 2.58. The minimum absolute atomic E-state index is 0.0602. The summed E-state index contributed by atoms with van der Waals surface area (Å²) >= 11 is 0. The van der Waals surface area contributed by atoms with Gasteiger partial charge in [0.2, 0.25) is 5.88 Å². The normalized spacial score (nSPS) is 18.8.